The highest BCUT2D eigenvalue weighted by atomic mass is 16.5. The van der Waals surface area contributed by atoms with Gasteiger partial charge < -0.3 is 14.7 Å². The maximum absolute atomic E-state index is 9.74. The summed E-state index contributed by atoms with van der Waals surface area (Å²) >= 11 is 0. The number of para-hydroxylation sites is 1. The van der Waals surface area contributed by atoms with Crippen molar-refractivity contribution in [2.45, 2.75) is 26.6 Å². The largest absolute Gasteiger partial charge is 0.391 e. The summed E-state index contributed by atoms with van der Waals surface area (Å²) < 4.78 is 7.55. The number of anilines is 1. The third kappa shape index (κ3) is 2.66. The standard InChI is InChI=1S/C16H21N3O2/c1-12-10-18(8-9-21-12)16-15(11-20)13(2)17-19(16)14-6-4-3-5-7-14/h3-7,12,20H,8-11H2,1-2H3. The molecular weight excluding hydrogens is 266 g/mol. The average molecular weight is 287 g/mol. The van der Waals surface area contributed by atoms with Crippen LogP contribution in [0.2, 0.25) is 0 Å². The van der Waals surface area contributed by atoms with E-state index in [9.17, 15) is 5.11 Å². The molecule has 1 N–H and O–H groups in total. The molecule has 0 spiro atoms. The smallest absolute Gasteiger partial charge is 0.138 e. The maximum Gasteiger partial charge on any atom is 0.138 e. The summed E-state index contributed by atoms with van der Waals surface area (Å²) in [6, 6.07) is 10.0. The van der Waals surface area contributed by atoms with Crippen LogP contribution in [-0.2, 0) is 11.3 Å². The molecule has 5 heteroatoms. The lowest BCUT2D eigenvalue weighted by atomic mass is 10.2. The number of rotatable bonds is 3. The number of aryl methyl sites for hydroxylation is 1. The van der Waals surface area contributed by atoms with E-state index in [0.29, 0.717) is 6.61 Å². The molecule has 0 bridgehead atoms. The van der Waals surface area contributed by atoms with Crippen LogP contribution in [0.25, 0.3) is 5.69 Å². The van der Waals surface area contributed by atoms with Gasteiger partial charge in [0.1, 0.15) is 5.82 Å². The second kappa shape index (κ2) is 5.87. The van der Waals surface area contributed by atoms with Gasteiger partial charge in [-0.2, -0.15) is 5.10 Å². The first kappa shape index (κ1) is 14.1. The summed E-state index contributed by atoms with van der Waals surface area (Å²) in [6.07, 6.45) is 0.185. The van der Waals surface area contributed by atoms with Gasteiger partial charge in [0.25, 0.3) is 0 Å². The van der Waals surface area contributed by atoms with Crippen LogP contribution in [-0.4, -0.2) is 40.7 Å². The number of benzene rings is 1. The minimum absolute atomic E-state index is 0.000260. The lowest BCUT2D eigenvalue weighted by Crippen LogP contribution is -2.42. The van der Waals surface area contributed by atoms with Gasteiger partial charge in [0.2, 0.25) is 0 Å². The Labute approximate surface area is 124 Å². The number of aliphatic hydroxyl groups is 1. The van der Waals surface area contributed by atoms with Crippen LogP contribution in [0.5, 0.6) is 0 Å². The van der Waals surface area contributed by atoms with E-state index in [-0.39, 0.29) is 12.7 Å². The van der Waals surface area contributed by atoms with Crippen molar-refractivity contribution in [3.63, 3.8) is 0 Å². The highest BCUT2D eigenvalue weighted by Gasteiger charge is 2.25. The third-order valence-corrected chi connectivity index (χ3v) is 3.86. The Morgan fingerprint density at radius 2 is 2.10 bits per heavy atom. The molecule has 2 heterocycles. The Balaban J connectivity index is 2.08. The number of aromatic nitrogens is 2. The molecule has 1 unspecified atom stereocenters. The molecule has 0 amide bonds. The van der Waals surface area contributed by atoms with Crippen molar-refractivity contribution in [3.8, 4) is 5.69 Å². The molecule has 1 aliphatic rings. The number of hydrogen-bond acceptors (Lipinski definition) is 4. The molecule has 5 nitrogen and oxygen atoms in total. The topological polar surface area (TPSA) is 50.5 Å². The normalized spacial score (nSPS) is 19.0. The lowest BCUT2D eigenvalue weighted by Gasteiger charge is -2.33. The van der Waals surface area contributed by atoms with Gasteiger partial charge in [-0.15, -0.1) is 0 Å². The van der Waals surface area contributed by atoms with Crippen LogP contribution in [0.1, 0.15) is 18.2 Å². The van der Waals surface area contributed by atoms with Gasteiger partial charge >= 0.3 is 0 Å². The van der Waals surface area contributed by atoms with Crippen molar-refractivity contribution in [2.75, 3.05) is 24.6 Å². The SMILES string of the molecule is Cc1nn(-c2ccccc2)c(N2CCOC(C)C2)c1CO. The number of aliphatic hydroxyl groups excluding tert-OH is 1. The minimum Gasteiger partial charge on any atom is -0.391 e. The van der Waals surface area contributed by atoms with E-state index >= 15 is 0 Å². The van der Waals surface area contributed by atoms with Crippen molar-refractivity contribution in [1.82, 2.24) is 9.78 Å². The summed E-state index contributed by atoms with van der Waals surface area (Å²) in [7, 11) is 0. The summed E-state index contributed by atoms with van der Waals surface area (Å²) in [5, 5.41) is 14.4. The quantitative estimate of drug-likeness (QED) is 0.937. The van der Waals surface area contributed by atoms with Crippen LogP contribution in [0.4, 0.5) is 5.82 Å². The maximum atomic E-state index is 9.74. The molecule has 1 fully saturated rings. The first-order valence-corrected chi connectivity index (χ1v) is 7.32. The summed E-state index contributed by atoms with van der Waals surface area (Å²) in [4.78, 5) is 2.26. The molecule has 0 saturated carbocycles. The van der Waals surface area contributed by atoms with Crippen LogP contribution in [0.15, 0.2) is 30.3 Å². The molecule has 1 atom stereocenters. The van der Waals surface area contributed by atoms with Crippen molar-refractivity contribution < 1.29 is 9.84 Å². The molecule has 21 heavy (non-hydrogen) atoms. The van der Waals surface area contributed by atoms with Crippen molar-refractivity contribution in [1.29, 1.82) is 0 Å². The van der Waals surface area contributed by atoms with E-state index in [1.54, 1.807) is 0 Å². The molecule has 3 rings (SSSR count). The van der Waals surface area contributed by atoms with Crippen molar-refractivity contribution >= 4 is 5.82 Å². The summed E-state index contributed by atoms with van der Waals surface area (Å²) in [6.45, 7) is 6.34. The van der Waals surface area contributed by atoms with E-state index in [1.165, 1.54) is 0 Å². The average Bonchev–Trinajstić information content (AvgIpc) is 2.85. The van der Waals surface area contributed by atoms with E-state index in [2.05, 4.69) is 16.9 Å². The predicted octanol–water partition coefficient (Wildman–Crippen LogP) is 1.90. The van der Waals surface area contributed by atoms with Crippen molar-refractivity contribution in [2.24, 2.45) is 0 Å². The zero-order valence-corrected chi connectivity index (χ0v) is 12.5. The number of morpholine rings is 1. The Morgan fingerprint density at radius 1 is 1.33 bits per heavy atom. The number of nitrogens with zero attached hydrogens (tertiary/aromatic N) is 3. The molecule has 112 valence electrons. The Bertz CT molecular complexity index is 609. The molecule has 0 radical (unpaired) electrons. The van der Waals surface area contributed by atoms with Gasteiger partial charge in [0.05, 0.1) is 30.7 Å². The van der Waals surface area contributed by atoms with Gasteiger partial charge in [-0.3, -0.25) is 0 Å². The van der Waals surface area contributed by atoms with Crippen LogP contribution < -0.4 is 4.90 Å². The van der Waals surface area contributed by atoms with Crippen LogP contribution in [0.3, 0.4) is 0 Å². The summed E-state index contributed by atoms with van der Waals surface area (Å²) in [5.41, 5.74) is 2.78. The van der Waals surface area contributed by atoms with E-state index in [4.69, 9.17) is 4.74 Å². The molecule has 1 aromatic heterocycles. The Morgan fingerprint density at radius 3 is 2.76 bits per heavy atom. The lowest BCUT2D eigenvalue weighted by molar-refractivity contribution is 0.0526. The fourth-order valence-corrected chi connectivity index (χ4v) is 2.82. The molecule has 1 aliphatic heterocycles. The number of ether oxygens (including phenoxy) is 1. The second-order valence-corrected chi connectivity index (χ2v) is 5.42. The van der Waals surface area contributed by atoms with Gasteiger partial charge in [0.15, 0.2) is 0 Å². The van der Waals surface area contributed by atoms with E-state index in [0.717, 1.165) is 35.9 Å². The zero-order chi connectivity index (χ0) is 14.8. The minimum atomic E-state index is -0.000260. The predicted molar refractivity (Wildman–Crippen MR) is 81.9 cm³/mol. The Hall–Kier alpha value is -1.85. The third-order valence-electron chi connectivity index (χ3n) is 3.86. The fraction of sp³-hybridized carbons (Fsp3) is 0.438. The molecular formula is C16H21N3O2. The molecule has 1 aromatic carbocycles. The van der Waals surface area contributed by atoms with Gasteiger partial charge in [-0.25, -0.2) is 4.68 Å². The van der Waals surface area contributed by atoms with Gasteiger partial charge in [-0.05, 0) is 26.0 Å². The first-order chi connectivity index (χ1) is 10.2. The van der Waals surface area contributed by atoms with Gasteiger partial charge in [0, 0.05) is 18.7 Å². The highest BCUT2D eigenvalue weighted by molar-refractivity contribution is 5.55. The monoisotopic (exact) mass is 287 g/mol. The Kier molecular flexibility index (Phi) is 3.94. The summed E-state index contributed by atoms with van der Waals surface area (Å²) in [5.74, 6) is 0.983. The molecule has 2 aromatic rings. The zero-order valence-electron chi connectivity index (χ0n) is 12.5. The van der Waals surface area contributed by atoms with Crippen molar-refractivity contribution in [3.05, 3.63) is 41.6 Å². The second-order valence-electron chi connectivity index (χ2n) is 5.42. The number of hydrogen-bond donors (Lipinski definition) is 1. The van der Waals surface area contributed by atoms with Crippen LogP contribution in [0, 0.1) is 6.92 Å². The fourth-order valence-electron chi connectivity index (χ4n) is 2.82. The highest BCUT2D eigenvalue weighted by Crippen LogP contribution is 2.28. The first-order valence-electron chi connectivity index (χ1n) is 7.32. The van der Waals surface area contributed by atoms with E-state index < -0.39 is 0 Å². The van der Waals surface area contributed by atoms with E-state index in [1.807, 2.05) is 41.9 Å². The van der Waals surface area contributed by atoms with Crippen LogP contribution >= 0.6 is 0 Å². The molecule has 0 aliphatic carbocycles. The molecule has 1 saturated heterocycles. The van der Waals surface area contributed by atoms with Gasteiger partial charge in [-0.1, -0.05) is 18.2 Å².